The van der Waals surface area contributed by atoms with Gasteiger partial charge in [-0.15, -0.1) is 0 Å². The maximum atomic E-state index is 13.6. The molecule has 0 spiro atoms. The van der Waals surface area contributed by atoms with Crippen LogP contribution in [0.15, 0.2) is 34.9 Å². The minimum absolute atomic E-state index is 0.0821. The Bertz CT molecular complexity index is 1650. The maximum Gasteiger partial charge on any atom is 0.334 e. The highest BCUT2D eigenvalue weighted by Crippen LogP contribution is 2.71. The predicted molar refractivity (Wildman–Crippen MR) is 182 cm³/mol. The Labute approximate surface area is 312 Å². The fraction of sp³-hybridized carbons (Fsp3) is 0.737. The second kappa shape index (κ2) is 14.2. The molecule has 7 N–H and O–H groups in total. The first-order chi connectivity index (χ1) is 25.2. The average Bonchev–Trinajstić information content (AvgIpc) is 3.31. The van der Waals surface area contributed by atoms with Crippen LogP contribution in [0.2, 0.25) is 0 Å². The van der Waals surface area contributed by atoms with Crippen molar-refractivity contribution in [3.05, 3.63) is 34.9 Å². The summed E-state index contributed by atoms with van der Waals surface area (Å²) in [5, 5.41) is 79.7. The number of carbonyl (C=O) groups excluding carboxylic acids is 4. The van der Waals surface area contributed by atoms with E-state index in [9.17, 15) is 54.9 Å². The van der Waals surface area contributed by atoms with E-state index in [0.29, 0.717) is 6.42 Å². The van der Waals surface area contributed by atoms with E-state index in [1.807, 2.05) is 13.0 Å². The highest BCUT2D eigenvalue weighted by atomic mass is 16.7. The Morgan fingerprint density at radius 3 is 2.41 bits per heavy atom. The van der Waals surface area contributed by atoms with Crippen LogP contribution in [0.1, 0.15) is 73.1 Å². The fourth-order valence-electron chi connectivity index (χ4n) is 10.5. The number of aliphatic hydroxyl groups excluding tert-OH is 4. The van der Waals surface area contributed by atoms with Gasteiger partial charge in [0.1, 0.15) is 60.0 Å². The van der Waals surface area contributed by atoms with Crippen LogP contribution in [-0.2, 0) is 42.9 Å². The van der Waals surface area contributed by atoms with Gasteiger partial charge in [-0.2, -0.15) is 0 Å². The van der Waals surface area contributed by atoms with Crippen LogP contribution in [0.5, 0.6) is 0 Å². The molecule has 0 aromatic rings. The van der Waals surface area contributed by atoms with Crippen LogP contribution in [0.25, 0.3) is 0 Å². The Morgan fingerprint density at radius 1 is 1.06 bits per heavy atom. The van der Waals surface area contributed by atoms with Gasteiger partial charge in [0, 0.05) is 32.3 Å². The van der Waals surface area contributed by atoms with E-state index in [0.717, 1.165) is 19.4 Å². The van der Waals surface area contributed by atoms with Gasteiger partial charge in [0.2, 0.25) is 0 Å². The molecule has 1 saturated heterocycles. The molecular formula is C38H52O16. The van der Waals surface area contributed by atoms with Gasteiger partial charge in [0.15, 0.2) is 12.1 Å². The lowest BCUT2D eigenvalue weighted by Crippen LogP contribution is -2.75. The van der Waals surface area contributed by atoms with Crippen LogP contribution in [0.3, 0.4) is 0 Å². The third kappa shape index (κ3) is 5.83. The van der Waals surface area contributed by atoms with Crippen molar-refractivity contribution in [1.29, 1.82) is 0 Å². The molecule has 3 fully saturated rings. The molecule has 0 aromatic carbocycles. The first-order valence-electron chi connectivity index (χ1n) is 18.4. The molecule has 0 unspecified atom stereocenters. The topological polar surface area (TPSA) is 256 Å². The molecule has 6 aliphatic rings. The lowest BCUT2D eigenvalue weighted by atomic mass is 9.44. The van der Waals surface area contributed by atoms with Crippen LogP contribution in [0, 0.1) is 22.7 Å². The van der Waals surface area contributed by atoms with Gasteiger partial charge < -0.3 is 59.4 Å². The Hall–Kier alpha value is -3.06. The maximum absolute atomic E-state index is 13.6. The number of rotatable bonds is 9. The molecule has 300 valence electrons. The number of fused-ring (bicyclic) bond motifs is 5. The van der Waals surface area contributed by atoms with Crippen molar-refractivity contribution in [2.45, 2.75) is 133 Å². The van der Waals surface area contributed by atoms with Crippen molar-refractivity contribution < 1.29 is 78.6 Å². The quantitative estimate of drug-likeness (QED) is 0.0881. The lowest BCUT2D eigenvalue weighted by molar-refractivity contribution is -0.302. The van der Waals surface area contributed by atoms with Crippen molar-refractivity contribution in [2.24, 2.45) is 22.7 Å². The van der Waals surface area contributed by atoms with E-state index in [4.69, 9.17) is 23.7 Å². The van der Waals surface area contributed by atoms with Crippen molar-refractivity contribution >= 4 is 23.7 Å². The van der Waals surface area contributed by atoms with E-state index < -0.39 is 127 Å². The van der Waals surface area contributed by atoms with Gasteiger partial charge in [-0.3, -0.25) is 14.4 Å². The number of aliphatic hydroxyl groups is 7. The van der Waals surface area contributed by atoms with Crippen molar-refractivity contribution in [1.82, 2.24) is 0 Å². The Kier molecular flexibility index (Phi) is 10.6. The number of ketones is 1. The van der Waals surface area contributed by atoms with Gasteiger partial charge in [0.25, 0.3) is 0 Å². The standard InChI is InChI=1S/C38H52O16/c1-18-21(16-50-33-31(45)30(44)29(43)25(15-39)53-33)13-27(54-32(18)46)35(5,47)37(48)14-28(52-20(3)41)38(49)24-10-9-22-7-6-8-26(42)34(22,4)23(24)11-12-36(37,38)17-51-19(2)40/h6,8-9,23-25,27-31,33,39,43-45,47-49H,7,10-17H2,1-5H3/t23-,24+,25+,27+,28-,29+,30-,31+,33+,34-,35-,36-,37+,38-/m0/s1. The summed E-state index contributed by atoms with van der Waals surface area (Å²) in [7, 11) is 0. The summed E-state index contributed by atoms with van der Waals surface area (Å²) in [5.74, 6) is -3.87. The molecule has 2 saturated carbocycles. The number of esters is 3. The van der Waals surface area contributed by atoms with Gasteiger partial charge >= 0.3 is 17.9 Å². The Balaban J connectivity index is 1.38. The van der Waals surface area contributed by atoms with E-state index in [-0.39, 0.29) is 42.6 Å². The minimum Gasteiger partial charge on any atom is -0.465 e. The number of carbonyl (C=O) groups is 4. The second-order valence-corrected chi connectivity index (χ2v) is 16.2. The second-order valence-electron chi connectivity index (χ2n) is 16.2. The number of cyclic esters (lactones) is 1. The molecule has 0 bridgehead atoms. The minimum atomic E-state index is -2.48. The van der Waals surface area contributed by atoms with Gasteiger partial charge in [-0.25, -0.2) is 4.79 Å². The Morgan fingerprint density at radius 2 is 1.76 bits per heavy atom. The lowest BCUT2D eigenvalue weighted by Gasteiger charge is -2.63. The molecule has 0 amide bonds. The smallest absolute Gasteiger partial charge is 0.334 e. The van der Waals surface area contributed by atoms with Crippen LogP contribution in [-0.4, -0.2) is 139 Å². The zero-order valence-electron chi connectivity index (χ0n) is 31.1. The molecule has 16 nitrogen and oxygen atoms in total. The summed E-state index contributed by atoms with van der Waals surface area (Å²) in [6.07, 6.45) is -5.53. The zero-order chi connectivity index (χ0) is 39.8. The number of allylic oxidation sites excluding steroid dienone is 4. The molecule has 2 heterocycles. The number of hydrogen-bond acceptors (Lipinski definition) is 16. The summed E-state index contributed by atoms with van der Waals surface area (Å²) >= 11 is 0. The van der Waals surface area contributed by atoms with E-state index in [1.54, 1.807) is 6.08 Å². The SMILES string of the molecule is CC(=O)OC[C@]12CC[C@H]3[C@@H](CC=C4CC=CC(=O)[C@@]43C)[C@]1(O)[C@@H](OC(C)=O)C[C@@]2(O)[C@@](C)(O)[C@H]1CC(CO[C@@H]2O[C@H](CO)[C@@H](O)[C@H](O)[C@H]2O)=C(C)C(=O)O1. The van der Waals surface area contributed by atoms with Gasteiger partial charge in [-0.1, -0.05) is 17.7 Å². The van der Waals surface area contributed by atoms with E-state index in [2.05, 4.69) is 0 Å². The van der Waals surface area contributed by atoms with Crippen LogP contribution in [0.4, 0.5) is 0 Å². The molecule has 6 rings (SSSR count). The van der Waals surface area contributed by atoms with E-state index in [1.165, 1.54) is 19.9 Å². The molecule has 54 heavy (non-hydrogen) atoms. The largest absolute Gasteiger partial charge is 0.465 e. The molecule has 2 aliphatic heterocycles. The van der Waals surface area contributed by atoms with Crippen LogP contribution >= 0.6 is 0 Å². The fourth-order valence-corrected chi connectivity index (χ4v) is 10.5. The summed E-state index contributed by atoms with van der Waals surface area (Å²) in [6.45, 7) is 5.07. The summed E-state index contributed by atoms with van der Waals surface area (Å²) in [6, 6.07) is 0. The van der Waals surface area contributed by atoms with Gasteiger partial charge in [0.05, 0.1) is 24.0 Å². The van der Waals surface area contributed by atoms with Crippen LogP contribution < -0.4 is 0 Å². The molecule has 16 heteroatoms. The van der Waals surface area contributed by atoms with E-state index >= 15 is 0 Å². The summed E-state index contributed by atoms with van der Waals surface area (Å²) < 4.78 is 28.3. The normalized spacial score (nSPS) is 44.3. The predicted octanol–water partition coefficient (Wildman–Crippen LogP) is -0.575. The summed E-state index contributed by atoms with van der Waals surface area (Å²) in [4.78, 5) is 52.1. The first kappa shape index (κ1) is 40.6. The molecule has 0 radical (unpaired) electrons. The number of ether oxygens (including phenoxy) is 5. The summed E-state index contributed by atoms with van der Waals surface area (Å²) in [5.41, 5.74) is -8.82. The third-order valence-corrected chi connectivity index (χ3v) is 13.7. The number of hydrogen-bond donors (Lipinski definition) is 7. The molecule has 14 atom stereocenters. The first-order valence-corrected chi connectivity index (χ1v) is 18.4. The van der Waals surface area contributed by atoms with Gasteiger partial charge in [-0.05, 0) is 69.9 Å². The third-order valence-electron chi connectivity index (χ3n) is 13.7. The molecule has 0 aromatic heterocycles. The zero-order valence-corrected chi connectivity index (χ0v) is 31.1. The highest BCUT2D eigenvalue weighted by Gasteiger charge is 2.82. The van der Waals surface area contributed by atoms with Crippen molar-refractivity contribution in [3.8, 4) is 0 Å². The monoisotopic (exact) mass is 764 g/mol. The molecule has 4 aliphatic carbocycles. The average molecular weight is 765 g/mol. The highest BCUT2D eigenvalue weighted by molar-refractivity contribution is 5.98. The van der Waals surface area contributed by atoms with Crippen molar-refractivity contribution in [2.75, 3.05) is 19.8 Å². The molecular weight excluding hydrogens is 712 g/mol. The van der Waals surface area contributed by atoms with Crippen molar-refractivity contribution in [3.63, 3.8) is 0 Å².